The van der Waals surface area contributed by atoms with Gasteiger partial charge in [0.25, 0.3) is 0 Å². The van der Waals surface area contributed by atoms with Crippen molar-refractivity contribution < 1.29 is 26.7 Å². The number of nitrogens with zero attached hydrogens (tertiary/aromatic N) is 1. The molecule has 0 spiro atoms. The van der Waals surface area contributed by atoms with Gasteiger partial charge in [-0.15, -0.1) is 0 Å². The fourth-order valence-electron chi connectivity index (χ4n) is 3.11. The molecule has 1 saturated heterocycles. The van der Waals surface area contributed by atoms with Gasteiger partial charge in [0, 0.05) is 13.1 Å². The highest BCUT2D eigenvalue weighted by molar-refractivity contribution is 7.89. The minimum Gasteiger partial charge on any atom is -0.497 e. The summed E-state index contributed by atoms with van der Waals surface area (Å²) in [5.41, 5.74) is -0.525. The number of amides is 1. The number of anilines is 1. The van der Waals surface area contributed by atoms with E-state index in [0.717, 1.165) is 12.1 Å². The van der Waals surface area contributed by atoms with E-state index >= 15 is 0 Å². The Morgan fingerprint density at radius 2 is 1.79 bits per heavy atom. The zero-order valence-corrected chi connectivity index (χ0v) is 16.0. The highest BCUT2D eigenvalue weighted by Crippen LogP contribution is 2.27. The number of hydrogen-bond donors (Lipinski definition) is 1. The lowest BCUT2D eigenvalue weighted by Gasteiger charge is -2.31. The summed E-state index contributed by atoms with van der Waals surface area (Å²) in [7, 11) is -2.31. The summed E-state index contributed by atoms with van der Waals surface area (Å²) in [5, 5.41) is 2.25. The lowest BCUT2D eigenvalue weighted by Crippen LogP contribution is -2.43. The van der Waals surface area contributed by atoms with Crippen LogP contribution in [-0.4, -0.2) is 38.8 Å². The summed E-state index contributed by atoms with van der Waals surface area (Å²) < 4.78 is 59.5. The molecule has 1 unspecified atom stereocenters. The summed E-state index contributed by atoms with van der Waals surface area (Å²) in [6, 6.07) is 9.24. The number of ether oxygens (including phenoxy) is 1. The Morgan fingerprint density at radius 1 is 1.14 bits per heavy atom. The van der Waals surface area contributed by atoms with E-state index in [0.29, 0.717) is 18.6 Å². The lowest BCUT2D eigenvalue weighted by atomic mass is 9.98. The normalized spacial score (nSPS) is 17.9. The maximum Gasteiger partial charge on any atom is 0.243 e. The molecule has 28 heavy (non-hydrogen) atoms. The summed E-state index contributed by atoms with van der Waals surface area (Å²) in [5.74, 6) is -2.56. The second kappa shape index (κ2) is 8.24. The standard InChI is InChI=1S/C19H20F2N2O4S/c1-27-14-7-9-15(10-8-14)28(25,26)23-11-3-4-13(12-23)19(24)22-18-16(20)5-2-6-17(18)21/h2,5-10,13H,3-4,11-12H2,1H3,(H,22,24). The zero-order valence-electron chi connectivity index (χ0n) is 15.2. The third-order valence-corrected chi connectivity index (χ3v) is 6.54. The lowest BCUT2D eigenvalue weighted by molar-refractivity contribution is -0.120. The third-order valence-electron chi connectivity index (χ3n) is 4.66. The molecule has 1 fully saturated rings. The number of rotatable bonds is 5. The predicted molar refractivity (Wildman–Crippen MR) is 99.5 cm³/mol. The molecule has 6 nitrogen and oxygen atoms in total. The monoisotopic (exact) mass is 410 g/mol. The summed E-state index contributed by atoms with van der Waals surface area (Å²) >= 11 is 0. The number of carbonyl (C=O) groups excluding carboxylic acids is 1. The van der Waals surface area contributed by atoms with Crippen molar-refractivity contribution in [2.45, 2.75) is 17.7 Å². The largest absolute Gasteiger partial charge is 0.497 e. The van der Waals surface area contributed by atoms with Crippen LogP contribution in [0, 0.1) is 17.6 Å². The Balaban J connectivity index is 1.75. The minimum absolute atomic E-state index is 0.0593. The Bertz CT molecular complexity index is 944. The van der Waals surface area contributed by atoms with E-state index in [4.69, 9.17) is 4.74 Å². The van der Waals surface area contributed by atoms with E-state index in [1.807, 2.05) is 0 Å². The molecule has 0 aromatic heterocycles. The van der Waals surface area contributed by atoms with Gasteiger partial charge in [0.1, 0.15) is 23.1 Å². The molecule has 3 rings (SSSR count). The predicted octanol–water partition coefficient (Wildman–Crippen LogP) is 3.01. The smallest absolute Gasteiger partial charge is 0.243 e. The number of methoxy groups -OCH3 is 1. The average Bonchev–Trinajstić information content (AvgIpc) is 2.71. The van der Waals surface area contributed by atoms with E-state index in [1.54, 1.807) is 12.1 Å². The first-order valence-electron chi connectivity index (χ1n) is 8.72. The van der Waals surface area contributed by atoms with Gasteiger partial charge < -0.3 is 10.1 Å². The number of sulfonamides is 1. The van der Waals surface area contributed by atoms with Crippen molar-refractivity contribution in [3.05, 3.63) is 54.1 Å². The molecule has 2 aromatic carbocycles. The van der Waals surface area contributed by atoms with E-state index < -0.39 is 39.2 Å². The average molecular weight is 410 g/mol. The van der Waals surface area contributed by atoms with Crippen LogP contribution in [0.4, 0.5) is 14.5 Å². The van der Waals surface area contributed by atoms with Crippen molar-refractivity contribution in [1.29, 1.82) is 0 Å². The Hall–Kier alpha value is -2.52. The fourth-order valence-corrected chi connectivity index (χ4v) is 4.64. The van der Waals surface area contributed by atoms with E-state index in [9.17, 15) is 22.0 Å². The summed E-state index contributed by atoms with van der Waals surface area (Å²) in [6.07, 6.45) is 0.893. The maximum atomic E-state index is 13.8. The van der Waals surface area contributed by atoms with Crippen LogP contribution >= 0.6 is 0 Å². The first kappa shape index (κ1) is 20.2. The van der Waals surface area contributed by atoms with E-state index in [2.05, 4.69) is 5.32 Å². The van der Waals surface area contributed by atoms with Crippen LogP contribution < -0.4 is 10.1 Å². The number of para-hydroxylation sites is 1. The molecule has 1 N–H and O–H groups in total. The summed E-state index contributed by atoms with van der Waals surface area (Å²) in [6.45, 7) is 0.211. The van der Waals surface area contributed by atoms with Gasteiger partial charge in [0.2, 0.25) is 15.9 Å². The zero-order chi connectivity index (χ0) is 20.3. The molecule has 1 heterocycles. The molecule has 1 aliphatic rings. The van der Waals surface area contributed by atoms with Crippen LogP contribution in [0.25, 0.3) is 0 Å². The van der Waals surface area contributed by atoms with Crippen molar-refractivity contribution >= 4 is 21.6 Å². The maximum absolute atomic E-state index is 13.8. The Morgan fingerprint density at radius 3 is 2.39 bits per heavy atom. The van der Waals surface area contributed by atoms with Gasteiger partial charge in [-0.1, -0.05) is 6.07 Å². The van der Waals surface area contributed by atoms with Gasteiger partial charge in [0.15, 0.2) is 0 Å². The molecule has 1 atom stereocenters. The van der Waals surface area contributed by atoms with Crippen LogP contribution in [0.5, 0.6) is 5.75 Å². The molecule has 150 valence electrons. The van der Waals surface area contributed by atoms with Gasteiger partial charge in [0.05, 0.1) is 17.9 Å². The SMILES string of the molecule is COc1ccc(S(=O)(=O)N2CCCC(C(=O)Nc3c(F)cccc3F)C2)cc1. The topological polar surface area (TPSA) is 75.7 Å². The number of piperidine rings is 1. The fraction of sp³-hybridized carbons (Fsp3) is 0.316. The molecule has 0 radical (unpaired) electrons. The highest BCUT2D eigenvalue weighted by atomic mass is 32.2. The van der Waals surface area contributed by atoms with E-state index in [-0.39, 0.29) is 18.0 Å². The third kappa shape index (κ3) is 4.15. The van der Waals surface area contributed by atoms with Crippen molar-refractivity contribution in [3.8, 4) is 5.75 Å². The van der Waals surface area contributed by atoms with Crippen LogP contribution in [0.15, 0.2) is 47.4 Å². The molecular formula is C19H20F2N2O4S. The van der Waals surface area contributed by atoms with Crippen LogP contribution in [0.1, 0.15) is 12.8 Å². The second-order valence-electron chi connectivity index (χ2n) is 6.46. The first-order valence-corrected chi connectivity index (χ1v) is 10.2. The molecule has 2 aromatic rings. The molecule has 0 saturated carbocycles. The van der Waals surface area contributed by atoms with Crippen LogP contribution in [0.2, 0.25) is 0 Å². The molecule has 1 amide bonds. The Kier molecular flexibility index (Phi) is 5.95. The number of hydrogen-bond acceptors (Lipinski definition) is 4. The van der Waals surface area contributed by atoms with Crippen LogP contribution in [0.3, 0.4) is 0 Å². The number of carbonyl (C=O) groups is 1. The van der Waals surface area contributed by atoms with Gasteiger partial charge in [-0.25, -0.2) is 17.2 Å². The Labute approximate surface area is 162 Å². The van der Waals surface area contributed by atoms with E-state index in [1.165, 1.54) is 29.6 Å². The molecular weight excluding hydrogens is 390 g/mol. The number of benzene rings is 2. The number of nitrogens with one attached hydrogen (secondary N) is 1. The molecule has 0 aliphatic carbocycles. The minimum atomic E-state index is -3.79. The van der Waals surface area contributed by atoms with Crippen molar-refractivity contribution in [3.63, 3.8) is 0 Å². The van der Waals surface area contributed by atoms with Gasteiger partial charge in [-0.3, -0.25) is 4.79 Å². The molecule has 0 bridgehead atoms. The van der Waals surface area contributed by atoms with Gasteiger partial charge in [-0.05, 0) is 49.2 Å². The first-order chi connectivity index (χ1) is 13.3. The van der Waals surface area contributed by atoms with Gasteiger partial charge >= 0.3 is 0 Å². The molecule has 9 heteroatoms. The highest BCUT2D eigenvalue weighted by Gasteiger charge is 2.33. The van der Waals surface area contributed by atoms with Crippen molar-refractivity contribution in [2.75, 3.05) is 25.5 Å². The molecule has 1 aliphatic heterocycles. The second-order valence-corrected chi connectivity index (χ2v) is 8.40. The quantitative estimate of drug-likeness (QED) is 0.822. The van der Waals surface area contributed by atoms with Crippen molar-refractivity contribution in [1.82, 2.24) is 4.31 Å². The van der Waals surface area contributed by atoms with Gasteiger partial charge in [-0.2, -0.15) is 4.31 Å². The van der Waals surface area contributed by atoms with Crippen molar-refractivity contribution in [2.24, 2.45) is 5.92 Å². The summed E-state index contributed by atoms with van der Waals surface area (Å²) in [4.78, 5) is 12.6. The number of halogens is 2. The van der Waals surface area contributed by atoms with Crippen LogP contribution in [-0.2, 0) is 14.8 Å².